The Labute approximate surface area is 82.3 Å². The van der Waals surface area contributed by atoms with E-state index in [9.17, 15) is 0 Å². The summed E-state index contributed by atoms with van der Waals surface area (Å²) in [6, 6.07) is 3.70. The molecule has 0 bridgehead atoms. The first-order valence-electron chi connectivity index (χ1n) is 4.41. The van der Waals surface area contributed by atoms with Gasteiger partial charge in [0.1, 0.15) is 5.75 Å². The van der Waals surface area contributed by atoms with Crippen LogP contribution in [0.4, 0.5) is 5.69 Å². The molecule has 1 aromatic carbocycles. The van der Waals surface area contributed by atoms with Crippen molar-refractivity contribution in [2.45, 2.75) is 6.92 Å². The largest absolute Gasteiger partial charge is 0.496 e. The molecule has 4 heteroatoms. The molecule has 0 amide bonds. The third-order valence-electron chi connectivity index (χ3n) is 2.38. The Morgan fingerprint density at radius 2 is 2.14 bits per heavy atom. The highest BCUT2D eigenvalue weighted by atomic mass is 16.5. The monoisotopic (exact) mass is 191 g/mol. The predicted octanol–water partition coefficient (Wildman–Crippen LogP) is 1.47. The van der Waals surface area contributed by atoms with Crippen LogP contribution in [0.25, 0.3) is 10.9 Å². The summed E-state index contributed by atoms with van der Waals surface area (Å²) in [5.41, 5.74) is 8.47. The van der Waals surface area contributed by atoms with Crippen molar-refractivity contribution in [1.29, 1.82) is 0 Å². The third-order valence-corrected chi connectivity index (χ3v) is 2.38. The Balaban J connectivity index is 2.94. The van der Waals surface area contributed by atoms with Crippen molar-refractivity contribution in [2.75, 3.05) is 12.8 Å². The molecule has 0 aliphatic rings. The van der Waals surface area contributed by atoms with E-state index in [1.165, 1.54) is 0 Å². The number of benzene rings is 1. The molecule has 2 aromatic rings. The van der Waals surface area contributed by atoms with Gasteiger partial charge in [0.05, 0.1) is 29.4 Å². The highest BCUT2D eigenvalue weighted by Crippen LogP contribution is 2.31. The minimum atomic E-state index is 0.726. The summed E-state index contributed by atoms with van der Waals surface area (Å²) in [4.78, 5) is 0. The van der Waals surface area contributed by atoms with Crippen molar-refractivity contribution in [1.82, 2.24) is 9.78 Å². The fourth-order valence-electron chi connectivity index (χ4n) is 1.78. The molecule has 0 aliphatic carbocycles. The lowest BCUT2D eigenvalue weighted by Gasteiger charge is -2.04. The number of anilines is 1. The lowest BCUT2D eigenvalue weighted by atomic mass is 10.1. The molecule has 74 valence electrons. The highest BCUT2D eigenvalue weighted by Gasteiger charge is 2.12. The maximum absolute atomic E-state index is 5.88. The molecule has 2 rings (SSSR count). The topological polar surface area (TPSA) is 53.1 Å². The SMILES string of the molecule is COc1ccc(N)c2c1c(C)nn2C. The molecule has 4 nitrogen and oxygen atoms in total. The lowest BCUT2D eigenvalue weighted by Crippen LogP contribution is -1.95. The minimum Gasteiger partial charge on any atom is -0.496 e. The maximum atomic E-state index is 5.88. The van der Waals surface area contributed by atoms with Gasteiger partial charge in [-0.05, 0) is 19.1 Å². The number of hydrogen-bond acceptors (Lipinski definition) is 3. The number of nitrogen functional groups attached to an aromatic ring is 1. The number of nitrogens with zero attached hydrogens (tertiary/aromatic N) is 2. The number of aryl methyl sites for hydroxylation is 2. The summed E-state index contributed by atoms with van der Waals surface area (Å²) >= 11 is 0. The molecule has 0 spiro atoms. The van der Waals surface area contributed by atoms with Crippen LogP contribution in [-0.2, 0) is 7.05 Å². The Bertz CT molecular complexity index is 488. The molecular formula is C10H13N3O. The quantitative estimate of drug-likeness (QED) is 0.694. The van der Waals surface area contributed by atoms with Crippen molar-refractivity contribution >= 4 is 16.6 Å². The number of ether oxygens (including phenoxy) is 1. The molecule has 1 aromatic heterocycles. The van der Waals surface area contributed by atoms with Gasteiger partial charge < -0.3 is 10.5 Å². The van der Waals surface area contributed by atoms with E-state index in [2.05, 4.69) is 5.10 Å². The fourth-order valence-corrected chi connectivity index (χ4v) is 1.78. The van der Waals surface area contributed by atoms with Crippen molar-refractivity contribution in [3.8, 4) is 5.75 Å². The lowest BCUT2D eigenvalue weighted by molar-refractivity contribution is 0.419. The number of fused-ring (bicyclic) bond motifs is 1. The zero-order valence-electron chi connectivity index (χ0n) is 8.53. The first kappa shape index (κ1) is 8.87. The average Bonchev–Trinajstić information content (AvgIpc) is 2.44. The molecule has 14 heavy (non-hydrogen) atoms. The smallest absolute Gasteiger partial charge is 0.130 e. The molecular weight excluding hydrogens is 178 g/mol. The second-order valence-corrected chi connectivity index (χ2v) is 3.29. The van der Waals surface area contributed by atoms with E-state index in [0.717, 1.165) is 28.0 Å². The van der Waals surface area contributed by atoms with Gasteiger partial charge in [-0.2, -0.15) is 5.10 Å². The second-order valence-electron chi connectivity index (χ2n) is 3.29. The first-order chi connectivity index (χ1) is 6.65. The highest BCUT2D eigenvalue weighted by molar-refractivity contribution is 5.96. The fraction of sp³-hybridized carbons (Fsp3) is 0.300. The van der Waals surface area contributed by atoms with Crippen molar-refractivity contribution in [3.63, 3.8) is 0 Å². The second kappa shape index (κ2) is 2.90. The standard InChI is InChI=1S/C10H13N3O/c1-6-9-8(14-3)5-4-7(11)10(9)13(2)12-6/h4-5H,11H2,1-3H3. The molecule has 0 saturated heterocycles. The van der Waals surface area contributed by atoms with Gasteiger partial charge in [0.2, 0.25) is 0 Å². The van der Waals surface area contributed by atoms with Crippen LogP contribution in [0, 0.1) is 6.92 Å². The molecule has 0 fully saturated rings. The number of aromatic nitrogens is 2. The van der Waals surface area contributed by atoms with E-state index in [1.54, 1.807) is 11.8 Å². The Kier molecular flexibility index (Phi) is 1.84. The van der Waals surface area contributed by atoms with Crippen LogP contribution in [0.15, 0.2) is 12.1 Å². The predicted molar refractivity (Wildman–Crippen MR) is 56.4 cm³/mol. The zero-order valence-corrected chi connectivity index (χ0v) is 8.53. The number of methoxy groups -OCH3 is 1. The average molecular weight is 191 g/mol. The molecule has 0 aliphatic heterocycles. The van der Waals surface area contributed by atoms with E-state index in [-0.39, 0.29) is 0 Å². The van der Waals surface area contributed by atoms with Crippen LogP contribution in [0.3, 0.4) is 0 Å². The van der Waals surface area contributed by atoms with Crippen LogP contribution >= 0.6 is 0 Å². The van der Waals surface area contributed by atoms with E-state index < -0.39 is 0 Å². The Morgan fingerprint density at radius 1 is 1.43 bits per heavy atom. The summed E-state index contributed by atoms with van der Waals surface area (Å²) in [6.45, 7) is 1.95. The van der Waals surface area contributed by atoms with Crippen molar-refractivity contribution < 1.29 is 4.74 Å². The van der Waals surface area contributed by atoms with Crippen molar-refractivity contribution in [3.05, 3.63) is 17.8 Å². The van der Waals surface area contributed by atoms with Crippen LogP contribution < -0.4 is 10.5 Å². The van der Waals surface area contributed by atoms with Crippen LogP contribution in [0.2, 0.25) is 0 Å². The van der Waals surface area contributed by atoms with Gasteiger partial charge in [-0.15, -0.1) is 0 Å². The van der Waals surface area contributed by atoms with Crippen LogP contribution in [0.5, 0.6) is 5.75 Å². The maximum Gasteiger partial charge on any atom is 0.130 e. The van der Waals surface area contributed by atoms with E-state index >= 15 is 0 Å². The summed E-state index contributed by atoms with van der Waals surface area (Å²) < 4.78 is 7.05. The summed E-state index contributed by atoms with van der Waals surface area (Å²) in [6.07, 6.45) is 0. The molecule has 2 N–H and O–H groups in total. The van der Waals surface area contributed by atoms with Crippen molar-refractivity contribution in [2.24, 2.45) is 7.05 Å². The van der Waals surface area contributed by atoms with Gasteiger partial charge in [-0.3, -0.25) is 4.68 Å². The summed E-state index contributed by atoms with van der Waals surface area (Å²) in [5, 5.41) is 5.31. The number of rotatable bonds is 1. The van der Waals surface area contributed by atoms with Gasteiger partial charge in [0.25, 0.3) is 0 Å². The van der Waals surface area contributed by atoms with E-state index in [0.29, 0.717) is 0 Å². The van der Waals surface area contributed by atoms with Gasteiger partial charge in [-0.25, -0.2) is 0 Å². The molecule has 0 radical (unpaired) electrons. The van der Waals surface area contributed by atoms with Gasteiger partial charge >= 0.3 is 0 Å². The molecule has 0 unspecified atom stereocenters. The van der Waals surface area contributed by atoms with Crippen LogP contribution in [0.1, 0.15) is 5.69 Å². The zero-order chi connectivity index (χ0) is 10.3. The summed E-state index contributed by atoms with van der Waals surface area (Å²) in [5.74, 6) is 0.819. The molecule has 0 saturated carbocycles. The van der Waals surface area contributed by atoms with E-state index in [4.69, 9.17) is 10.5 Å². The number of hydrogen-bond donors (Lipinski definition) is 1. The molecule has 0 atom stereocenters. The Hall–Kier alpha value is -1.71. The normalized spacial score (nSPS) is 10.8. The third kappa shape index (κ3) is 1.04. The Morgan fingerprint density at radius 3 is 2.79 bits per heavy atom. The van der Waals surface area contributed by atoms with E-state index in [1.807, 2.05) is 26.1 Å². The van der Waals surface area contributed by atoms with Crippen LogP contribution in [-0.4, -0.2) is 16.9 Å². The summed E-state index contributed by atoms with van der Waals surface area (Å²) in [7, 11) is 3.53. The molecule has 1 heterocycles. The van der Waals surface area contributed by atoms with Gasteiger partial charge in [0, 0.05) is 7.05 Å². The minimum absolute atomic E-state index is 0.726. The first-order valence-corrected chi connectivity index (χ1v) is 4.41. The van der Waals surface area contributed by atoms with Gasteiger partial charge in [0.15, 0.2) is 0 Å². The van der Waals surface area contributed by atoms with Gasteiger partial charge in [-0.1, -0.05) is 0 Å². The number of nitrogens with two attached hydrogens (primary N) is 1.